The highest BCUT2D eigenvalue weighted by atomic mass is 79.9. The SMILES string of the molecule is Cc1cc(Br)ccc1C(O)c1cccc(OC(F)(F)F)c1. The van der Waals surface area contributed by atoms with E-state index in [1.165, 1.54) is 18.2 Å². The summed E-state index contributed by atoms with van der Waals surface area (Å²) < 4.78 is 41.4. The molecule has 0 saturated heterocycles. The van der Waals surface area contributed by atoms with Crippen molar-refractivity contribution in [3.63, 3.8) is 0 Å². The standard InChI is InChI=1S/C15H12BrF3O2/c1-9-7-11(16)5-6-13(9)14(20)10-3-2-4-12(8-10)21-15(17,18)19/h2-8,14,20H,1H3. The Labute approximate surface area is 128 Å². The van der Waals surface area contributed by atoms with Gasteiger partial charge in [0.05, 0.1) is 0 Å². The molecule has 1 atom stereocenters. The van der Waals surface area contributed by atoms with Crippen molar-refractivity contribution in [3.8, 4) is 5.75 Å². The number of benzene rings is 2. The molecule has 2 rings (SSSR count). The van der Waals surface area contributed by atoms with Crippen LogP contribution in [0.1, 0.15) is 22.8 Å². The third kappa shape index (κ3) is 4.22. The average molecular weight is 361 g/mol. The average Bonchev–Trinajstić information content (AvgIpc) is 2.36. The fraction of sp³-hybridized carbons (Fsp3) is 0.200. The Hall–Kier alpha value is -1.53. The van der Waals surface area contributed by atoms with Crippen molar-refractivity contribution in [2.24, 2.45) is 0 Å². The highest BCUT2D eigenvalue weighted by molar-refractivity contribution is 9.10. The van der Waals surface area contributed by atoms with E-state index in [-0.39, 0.29) is 5.75 Å². The van der Waals surface area contributed by atoms with E-state index in [1.54, 1.807) is 18.2 Å². The second-order valence-corrected chi connectivity index (χ2v) is 5.44. The molecule has 112 valence electrons. The molecule has 0 bridgehead atoms. The summed E-state index contributed by atoms with van der Waals surface area (Å²) in [4.78, 5) is 0. The Morgan fingerprint density at radius 1 is 1.14 bits per heavy atom. The van der Waals surface area contributed by atoms with Gasteiger partial charge in [0.25, 0.3) is 0 Å². The van der Waals surface area contributed by atoms with Crippen molar-refractivity contribution in [3.05, 3.63) is 63.6 Å². The van der Waals surface area contributed by atoms with E-state index in [2.05, 4.69) is 20.7 Å². The molecule has 0 aliphatic heterocycles. The second kappa shape index (κ2) is 6.07. The number of rotatable bonds is 3. The Morgan fingerprint density at radius 3 is 2.48 bits per heavy atom. The van der Waals surface area contributed by atoms with Gasteiger partial charge in [-0.25, -0.2) is 0 Å². The molecular formula is C15H12BrF3O2. The first-order chi connectivity index (χ1) is 9.76. The fourth-order valence-electron chi connectivity index (χ4n) is 2.01. The molecule has 0 saturated carbocycles. The van der Waals surface area contributed by atoms with Gasteiger partial charge < -0.3 is 9.84 Å². The number of aliphatic hydroxyl groups is 1. The van der Waals surface area contributed by atoms with E-state index < -0.39 is 12.5 Å². The zero-order valence-electron chi connectivity index (χ0n) is 11.0. The highest BCUT2D eigenvalue weighted by Gasteiger charge is 2.31. The van der Waals surface area contributed by atoms with Gasteiger partial charge in [0.15, 0.2) is 0 Å². The van der Waals surface area contributed by atoms with Gasteiger partial charge >= 0.3 is 6.36 Å². The van der Waals surface area contributed by atoms with Crippen LogP contribution in [0, 0.1) is 6.92 Å². The normalized spacial score (nSPS) is 13.0. The predicted molar refractivity (Wildman–Crippen MR) is 76.1 cm³/mol. The first kappa shape index (κ1) is 15.9. The molecule has 1 unspecified atom stereocenters. The quantitative estimate of drug-likeness (QED) is 0.856. The topological polar surface area (TPSA) is 29.5 Å². The number of ether oxygens (including phenoxy) is 1. The van der Waals surface area contributed by atoms with E-state index >= 15 is 0 Å². The van der Waals surface area contributed by atoms with Gasteiger partial charge in [-0.15, -0.1) is 13.2 Å². The Bertz CT molecular complexity index is 641. The lowest BCUT2D eigenvalue weighted by molar-refractivity contribution is -0.274. The minimum atomic E-state index is -4.75. The van der Waals surface area contributed by atoms with Gasteiger partial charge in [0, 0.05) is 4.47 Å². The van der Waals surface area contributed by atoms with Crippen molar-refractivity contribution in [1.82, 2.24) is 0 Å². The molecular weight excluding hydrogens is 349 g/mol. The van der Waals surface area contributed by atoms with Crippen molar-refractivity contribution < 1.29 is 23.0 Å². The van der Waals surface area contributed by atoms with Gasteiger partial charge in [-0.2, -0.15) is 0 Å². The number of hydrogen-bond donors (Lipinski definition) is 1. The molecule has 0 aliphatic rings. The van der Waals surface area contributed by atoms with E-state index in [0.717, 1.165) is 10.0 Å². The monoisotopic (exact) mass is 360 g/mol. The lowest BCUT2D eigenvalue weighted by Crippen LogP contribution is -2.17. The first-order valence-electron chi connectivity index (χ1n) is 6.06. The maximum Gasteiger partial charge on any atom is 0.573 e. The summed E-state index contributed by atoms with van der Waals surface area (Å²) in [6, 6.07) is 10.7. The van der Waals surface area contributed by atoms with Crippen LogP contribution in [-0.4, -0.2) is 11.5 Å². The van der Waals surface area contributed by atoms with E-state index in [9.17, 15) is 18.3 Å². The zero-order valence-corrected chi connectivity index (χ0v) is 12.6. The number of alkyl halides is 3. The molecule has 0 radical (unpaired) electrons. The number of halogens is 4. The molecule has 0 heterocycles. The van der Waals surface area contributed by atoms with Crippen molar-refractivity contribution >= 4 is 15.9 Å². The van der Waals surface area contributed by atoms with E-state index in [0.29, 0.717) is 11.1 Å². The smallest absolute Gasteiger partial charge is 0.406 e. The molecule has 0 amide bonds. The molecule has 6 heteroatoms. The van der Waals surface area contributed by atoms with Gasteiger partial charge in [0.1, 0.15) is 11.9 Å². The van der Waals surface area contributed by atoms with Crippen molar-refractivity contribution in [2.45, 2.75) is 19.4 Å². The number of hydrogen-bond acceptors (Lipinski definition) is 2. The number of aryl methyl sites for hydroxylation is 1. The number of aliphatic hydroxyl groups excluding tert-OH is 1. The minimum Gasteiger partial charge on any atom is -0.406 e. The molecule has 0 aliphatic carbocycles. The Morgan fingerprint density at radius 2 is 1.86 bits per heavy atom. The van der Waals surface area contributed by atoms with E-state index in [4.69, 9.17) is 0 Å². The van der Waals surface area contributed by atoms with Crippen molar-refractivity contribution in [2.75, 3.05) is 0 Å². The van der Waals surface area contributed by atoms with Crippen LogP contribution >= 0.6 is 15.9 Å². The molecule has 0 spiro atoms. The van der Waals surface area contributed by atoms with Crippen LogP contribution in [0.5, 0.6) is 5.75 Å². The second-order valence-electron chi connectivity index (χ2n) is 4.52. The third-order valence-electron chi connectivity index (χ3n) is 2.93. The Balaban J connectivity index is 2.31. The summed E-state index contributed by atoms with van der Waals surface area (Å²) in [5, 5.41) is 10.3. The van der Waals surface area contributed by atoms with Gasteiger partial charge in [-0.1, -0.05) is 34.1 Å². The summed E-state index contributed by atoms with van der Waals surface area (Å²) in [5.41, 5.74) is 1.79. The molecule has 2 nitrogen and oxygen atoms in total. The summed E-state index contributed by atoms with van der Waals surface area (Å²) in [6.45, 7) is 1.82. The van der Waals surface area contributed by atoms with Crippen LogP contribution in [0.3, 0.4) is 0 Å². The maximum absolute atomic E-state index is 12.2. The van der Waals surface area contributed by atoms with Crippen LogP contribution in [-0.2, 0) is 0 Å². The summed E-state index contributed by atoms with van der Waals surface area (Å²) in [5.74, 6) is -0.353. The first-order valence-corrected chi connectivity index (χ1v) is 6.85. The molecule has 0 aromatic heterocycles. The summed E-state index contributed by atoms with van der Waals surface area (Å²) >= 11 is 3.32. The highest BCUT2D eigenvalue weighted by Crippen LogP contribution is 2.30. The third-order valence-corrected chi connectivity index (χ3v) is 3.43. The largest absolute Gasteiger partial charge is 0.573 e. The van der Waals surface area contributed by atoms with Crippen LogP contribution in [0.2, 0.25) is 0 Å². The van der Waals surface area contributed by atoms with Gasteiger partial charge in [-0.05, 0) is 47.9 Å². The van der Waals surface area contributed by atoms with Crippen molar-refractivity contribution in [1.29, 1.82) is 0 Å². The zero-order chi connectivity index (χ0) is 15.6. The van der Waals surface area contributed by atoms with Gasteiger partial charge in [0.2, 0.25) is 0 Å². The van der Waals surface area contributed by atoms with Crippen LogP contribution in [0.25, 0.3) is 0 Å². The van der Waals surface area contributed by atoms with Crippen LogP contribution in [0.15, 0.2) is 46.9 Å². The summed E-state index contributed by atoms with van der Waals surface area (Å²) in [6.07, 6.45) is -5.77. The predicted octanol–water partition coefficient (Wildman–Crippen LogP) is 4.74. The lowest BCUT2D eigenvalue weighted by atomic mass is 9.97. The fourth-order valence-corrected chi connectivity index (χ4v) is 2.48. The molecule has 2 aromatic rings. The summed E-state index contributed by atoms with van der Waals surface area (Å²) in [7, 11) is 0. The van der Waals surface area contributed by atoms with Crippen LogP contribution in [0.4, 0.5) is 13.2 Å². The van der Waals surface area contributed by atoms with Gasteiger partial charge in [-0.3, -0.25) is 0 Å². The Kier molecular flexibility index (Phi) is 4.58. The molecule has 1 N–H and O–H groups in total. The van der Waals surface area contributed by atoms with E-state index in [1.807, 2.05) is 13.0 Å². The van der Waals surface area contributed by atoms with Crippen LogP contribution < -0.4 is 4.74 Å². The molecule has 21 heavy (non-hydrogen) atoms. The molecule has 2 aromatic carbocycles. The molecule has 0 fully saturated rings. The maximum atomic E-state index is 12.2. The lowest BCUT2D eigenvalue weighted by Gasteiger charge is -2.16. The minimum absolute atomic E-state index is 0.335.